The fraction of sp³-hybridized carbons (Fsp3) is 0.344. The van der Waals surface area contributed by atoms with Crippen LogP contribution in [-0.4, -0.2) is 44.3 Å². The highest BCUT2D eigenvalue weighted by atomic mass is 35.5. The molecule has 7 heteroatoms. The van der Waals surface area contributed by atoms with E-state index in [2.05, 4.69) is 29.2 Å². The summed E-state index contributed by atoms with van der Waals surface area (Å²) >= 11 is 19.6. The number of allylic oxidation sites excluding steroid dienone is 1. The Hall–Kier alpha value is -2.37. The van der Waals surface area contributed by atoms with Gasteiger partial charge in [0.25, 0.3) is 0 Å². The molecule has 0 amide bonds. The molecule has 3 aromatic rings. The van der Waals surface area contributed by atoms with Crippen LogP contribution in [0.5, 0.6) is 0 Å². The van der Waals surface area contributed by atoms with Crippen molar-refractivity contribution in [1.29, 1.82) is 0 Å². The molecule has 1 saturated heterocycles. The second-order valence-electron chi connectivity index (χ2n) is 10.4. The van der Waals surface area contributed by atoms with E-state index >= 15 is 0 Å². The van der Waals surface area contributed by atoms with E-state index in [1.165, 1.54) is 12.7 Å². The predicted octanol–water partition coefficient (Wildman–Crippen LogP) is 8.56. The Bertz CT molecular complexity index is 1400. The first-order chi connectivity index (χ1) is 18.9. The summed E-state index contributed by atoms with van der Waals surface area (Å²) in [5, 5.41) is 1.56. The van der Waals surface area contributed by atoms with Crippen LogP contribution >= 0.6 is 34.8 Å². The third-order valence-corrected chi connectivity index (χ3v) is 8.57. The van der Waals surface area contributed by atoms with Crippen LogP contribution in [0.1, 0.15) is 57.4 Å². The van der Waals surface area contributed by atoms with Crippen LogP contribution in [0.4, 0.5) is 4.39 Å². The number of halogens is 4. The molecular weight excluding hydrogens is 556 g/mol. The summed E-state index contributed by atoms with van der Waals surface area (Å²) in [5.74, 6) is 0.162. The Morgan fingerprint density at radius 1 is 0.974 bits per heavy atom. The van der Waals surface area contributed by atoms with Crippen molar-refractivity contribution < 1.29 is 13.9 Å². The lowest BCUT2D eigenvalue weighted by Gasteiger charge is -2.39. The van der Waals surface area contributed by atoms with Crippen molar-refractivity contribution in [2.45, 2.75) is 32.1 Å². The number of likely N-dealkylation sites (tertiary alicyclic amines) is 1. The molecule has 1 heterocycles. The predicted molar refractivity (Wildman–Crippen MR) is 159 cm³/mol. The number of methoxy groups -OCH3 is 1. The Balaban J connectivity index is 1.54. The van der Waals surface area contributed by atoms with Gasteiger partial charge < -0.3 is 9.64 Å². The normalized spacial score (nSPS) is 16.0. The summed E-state index contributed by atoms with van der Waals surface area (Å²) in [6, 6.07) is 18.1. The molecule has 39 heavy (non-hydrogen) atoms. The molecule has 0 atom stereocenters. The highest BCUT2D eigenvalue weighted by molar-refractivity contribution is 6.36. The Morgan fingerprint density at radius 3 is 2.44 bits per heavy atom. The van der Waals surface area contributed by atoms with Crippen molar-refractivity contribution >= 4 is 51.9 Å². The van der Waals surface area contributed by atoms with E-state index in [1.54, 1.807) is 6.07 Å². The van der Waals surface area contributed by atoms with Crippen LogP contribution < -0.4 is 0 Å². The highest BCUT2D eigenvalue weighted by Gasteiger charge is 2.27. The fourth-order valence-corrected chi connectivity index (χ4v) is 6.58. The number of rotatable bonds is 8. The Morgan fingerprint density at radius 2 is 1.74 bits per heavy atom. The van der Waals surface area contributed by atoms with E-state index in [0.717, 1.165) is 78.7 Å². The van der Waals surface area contributed by atoms with Gasteiger partial charge in [0.1, 0.15) is 0 Å². The van der Waals surface area contributed by atoms with E-state index in [4.69, 9.17) is 39.5 Å². The number of nitrogens with zero attached hydrogens (tertiary/aromatic N) is 1. The maximum Gasteiger partial charge on any atom is 0.339 e. The maximum absolute atomic E-state index is 12.5. The summed E-state index contributed by atoms with van der Waals surface area (Å²) < 4.78 is 17.4. The van der Waals surface area contributed by atoms with E-state index in [0.29, 0.717) is 33.0 Å². The molecule has 1 aliphatic carbocycles. The van der Waals surface area contributed by atoms with Crippen molar-refractivity contribution in [3.8, 4) is 0 Å². The van der Waals surface area contributed by atoms with E-state index in [-0.39, 0.29) is 6.67 Å². The summed E-state index contributed by atoms with van der Waals surface area (Å²) in [5.41, 5.74) is 7.94. The number of carbonyl (C=O) groups excluding carboxylic acids is 1. The maximum atomic E-state index is 12.5. The highest BCUT2D eigenvalue weighted by Crippen LogP contribution is 2.43. The Kier molecular flexibility index (Phi) is 8.98. The monoisotopic (exact) mass is 585 g/mol. The van der Waals surface area contributed by atoms with E-state index < -0.39 is 5.97 Å². The number of hydrogen-bond acceptors (Lipinski definition) is 3. The molecule has 0 spiro atoms. The van der Waals surface area contributed by atoms with Crippen LogP contribution in [0, 0.1) is 5.92 Å². The molecular formula is C32H31Cl3FNO2. The largest absolute Gasteiger partial charge is 0.465 e. The lowest BCUT2D eigenvalue weighted by Crippen LogP contribution is -2.47. The molecule has 0 radical (unpaired) electrons. The van der Waals surface area contributed by atoms with Crippen LogP contribution in [-0.2, 0) is 17.6 Å². The second kappa shape index (κ2) is 12.4. The fourth-order valence-electron chi connectivity index (χ4n) is 5.81. The molecule has 1 aliphatic heterocycles. The van der Waals surface area contributed by atoms with Crippen molar-refractivity contribution in [2.24, 2.45) is 5.92 Å². The average Bonchev–Trinajstić information content (AvgIpc) is 3.08. The zero-order chi connectivity index (χ0) is 27.5. The number of hydrogen-bond donors (Lipinski definition) is 0. The molecule has 0 unspecified atom stereocenters. The van der Waals surface area contributed by atoms with Crippen LogP contribution in [0.2, 0.25) is 15.1 Å². The minimum atomic E-state index is -0.442. The molecule has 0 bridgehead atoms. The zero-order valence-electron chi connectivity index (χ0n) is 21.9. The molecule has 0 aromatic heterocycles. The number of benzene rings is 3. The van der Waals surface area contributed by atoms with Gasteiger partial charge in [0, 0.05) is 29.7 Å². The molecule has 3 nitrogen and oxygen atoms in total. The van der Waals surface area contributed by atoms with Crippen molar-refractivity contribution in [3.63, 3.8) is 0 Å². The third kappa shape index (κ3) is 6.20. The summed E-state index contributed by atoms with van der Waals surface area (Å²) in [6.07, 6.45) is 4.13. The minimum Gasteiger partial charge on any atom is -0.465 e. The third-order valence-electron chi connectivity index (χ3n) is 7.71. The van der Waals surface area contributed by atoms with Gasteiger partial charge in [-0.2, -0.15) is 0 Å². The van der Waals surface area contributed by atoms with Gasteiger partial charge in [0.15, 0.2) is 0 Å². The lowest BCUT2D eigenvalue weighted by molar-refractivity contribution is 0.0601. The Labute approximate surface area is 244 Å². The average molecular weight is 587 g/mol. The topological polar surface area (TPSA) is 29.5 Å². The molecule has 3 aromatic carbocycles. The smallest absolute Gasteiger partial charge is 0.339 e. The quantitative estimate of drug-likeness (QED) is 0.248. The van der Waals surface area contributed by atoms with Gasteiger partial charge in [-0.15, -0.1) is 0 Å². The van der Waals surface area contributed by atoms with Gasteiger partial charge in [-0.1, -0.05) is 65.1 Å². The van der Waals surface area contributed by atoms with E-state index in [9.17, 15) is 9.18 Å². The number of carbonyl (C=O) groups is 1. The first kappa shape index (κ1) is 28.2. The number of fused-ring (bicyclic) bond motifs is 1. The van der Waals surface area contributed by atoms with Crippen LogP contribution in [0.3, 0.4) is 0 Å². The van der Waals surface area contributed by atoms with Crippen molar-refractivity contribution in [3.05, 3.63) is 103 Å². The summed E-state index contributed by atoms with van der Waals surface area (Å²) in [7, 11) is 1.36. The molecule has 204 valence electrons. The first-order valence-electron chi connectivity index (χ1n) is 13.3. The van der Waals surface area contributed by atoms with Crippen molar-refractivity contribution in [1.82, 2.24) is 4.90 Å². The number of ether oxygens (including phenoxy) is 1. The lowest BCUT2D eigenvalue weighted by atomic mass is 9.86. The number of alkyl halides is 1. The molecule has 2 aliphatic rings. The van der Waals surface area contributed by atoms with Gasteiger partial charge in [-0.05, 0) is 101 Å². The summed E-state index contributed by atoms with van der Waals surface area (Å²) in [4.78, 5) is 14.7. The summed E-state index contributed by atoms with van der Waals surface area (Å²) in [6.45, 7) is 2.65. The van der Waals surface area contributed by atoms with Gasteiger partial charge in [0.05, 0.1) is 24.4 Å². The molecule has 5 rings (SSSR count). The van der Waals surface area contributed by atoms with Crippen molar-refractivity contribution in [2.75, 3.05) is 33.4 Å². The molecule has 0 saturated carbocycles. The standard InChI is InChI=1S/C32H31Cl3FNO2/c1-39-32(38)28-15-23-4-2-5-26(25-11-10-24(33)16-29(25)34)31(27(23)17-30(28)35)22-8-6-20(7-9-22)14-21-18-37(19-21)13-3-12-36/h6-11,15-17,21H,2-5,12-14,18-19H2,1H3. The molecule has 1 fully saturated rings. The van der Waals surface area contributed by atoms with Gasteiger partial charge >= 0.3 is 5.97 Å². The van der Waals surface area contributed by atoms with Gasteiger partial charge in [-0.25, -0.2) is 4.79 Å². The van der Waals surface area contributed by atoms with E-state index in [1.807, 2.05) is 24.3 Å². The SMILES string of the molecule is COC(=O)c1cc2c(cc1Cl)C(c1ccc(CC3CN(CCCF)C3)cc1)=C(c1ccc(Cl)cc1Cl)CCC2. The molecule has 0 N–H and O–H groups in total. The zero-order valence-corrected chi connectivity index (χ0v) is 24.2. The van der Waals surface area contributed by atoms with Gasteiger partial charge in [0.2, 0.25) is 0 Å². The number of aryl methyl sites for hydroxylation is 1. The number of esters is 1. The van der Waals surface area contributed by atoms with Gasteiger partial charge in [-0.3, -0.25) is 4.39 Å². The van der Waals surface area contributed by atoms with Crippen LogP contribution in [0.25, 0.3) is 11.1 Å². The van der Waals surface area contributed by atoms with Crippen LogP contribution in [0.15, 0.2) is 54.6 Å². The first-order valence-corrected chi connectivity index (χ1v) is 14.5. The second-order valence-corrected chi connectivity index (χ2v) is 11.6. The minimum absolute atomic E-state index is 0.250.